The molecule has 2 saturated heterocycles. The quantitative estimate of drug-likeness (QED) is 0.825. The molecule has 1 aromatic carbocycles. The summed E-state index contributed by atoms with van der Waals surface area (Å²) >= 11 is 0. The van der Waals surface area contributed by atoms with Crippen LogP contribution in [0.25, 0.3) is 0 Å². The van der Waals surface area contributed by atoms with Gasteiger partial charge in [0.2, 0.25) is 0 Å². The predicted octanol–water partition coefficient (Wildman–Crippen LogP) is 3.52. The van der Waals surface area contributed by atoms with E-state index in [4.69, 9.17) is 4.74 Å². The van der Waals surface area contributed by atoms with E-state index >= 15 is 0 Å². The van der Waals surface area contributed by atoms with E-state index in [0.29, 0.717) is 31.2 Å². The van der Waals surface area contributed by atoms with E-state index in [-0.39, 0.29) is 17.3 Å². The zero-order valence-electron chi connectivity index (χ0n) is 17.3. The van der Waals surface area contributed by atoms with Gasteiger partial charge in [-0.15, -0.1) is 0 Å². The Labute approximate surface area is 172 Å². The normalized spacial score (nSPS) is 30.7. The summed E-state index contributed by atoms with van der Waals surface area (Å²) in [6.45, 7) is 6.31. The fourth-order valence-electron chi connectivity index (χ4n) is 6.33. The zero-order valence-corrected chi connectivity index (χ0v) is 17.3. The average Bonchev–Trinajstić information content (AvgIpc) is 3.31. The van der Waals surface area contributed by atoms with Crippen molar-refractivity contribution >= 4 is 6.03 Å². The lowest BCUT2D eigenvalue weighted by Crippen LogP contribution is -2.51. The van der Waals surface area contributed by atoms with Gasteiger partial charge in [-0.25, -0.2) is 9.18 Å². The number of nitrogens with zero attached hydrogens (tertiary/aromatic N) is 2. The minimum atomic E-state index is -0.165. The van der Waals surface area contributed by atoms with Gasteiger partial charge in [-0.3, -0.25) is 0 Å². The summed E-state index contributed by atoms with van der Waals surface area (Å²) < 4.78 is 19.8. The molecule has 1 saturated carbocycles. The molecule has 3 atom stereocenters. The number of benzene rings is 1. The maximum Gasteiger partial charge on any atom is 0.317 e. The number of carbonyl (C=O) groups is 1. The number of hydrogen-bond donors (Lipinski definition) is 1. The average molecular weight is 402 g/mol. The molecule has 3 fully saturated rings. The fourth-order valence-corrected chi connectivity index (χ4v) is 6.33. The van der Waals surface area contributed by atoms with E-state index < -0.39 is 0 Å². The van der Waals surface area contributed by atoms with Crippen molar-refractivity contribution in [1.29, 1.82) is 0 Å². The molecule has 158 valence electrons. The largest absolute Gasteiger partial charge is 0.492 e. The van der Waals surface area contributed by atoms with Crippen LogP contribution in [0.2, 0.25) is 0 Å². The van der Waals surface area contributed by atoms with E-state index in [0.717, 1.165) is 56.6 Å². The maximum atomic E-state index is 13.8. The van der Waals surface area contributed by atoms with E-state index in [1.807, 2.05) is 6.92 Å². The van der Waals surface area contributed by atoms with Crippen molar-refractivity contribution in [3.8, 4) is 5.75 Å². The van der Waals surface area contributed by atoms with Crippen molar-refractivity contribution in [3.05, 3.63) is 29.6 Å². The first-order chi connectivity index (χ1) is 14.1. The lowest BCUT2D eigenvalue weighted by atomic mass is 9.74. The molecule has 1 N–H and O–H groups in total. The van der Waals surface area contributed by atoms with Gasteiger partial charge < -0.3 is 19.9 Å². The highest BCUT2D eigenvalue weighted by molar-refractivity contribution is 5.74. The van der Waals surface area contributed by atoms with Gasteiger partial charge in [0.05, 0.1) is 6.61 Å². The molecule has 0 aromatic heterocycles. The van der Waals surface area contributed by atoms with Gasteiger partial charge in [0.1, 0.15) is 11.6 Å². The smallest absolute Gasteiger partial charge is 0.317 e. The molecule has 0 radical (unpaired) electrons. The highest BCUT2D eigenvalue weighted by Crippen LogP contribution is 2.47. The zero-order chi connectivity index (χ0) is 20.0. The second kappa shape index (κ2) is 7.46. The van der Waals surface area contributed by atoms with Crippen LogP contribution in [0.3, 0.4) is 0 Å². The summed E-state index contributed by atoms with van der Waals surface area (Å²) in [5, 5.41) is 3.00. The number of halogens is 1. The number of nitrogens with one attached hydrogen (secondary N) is 1. The molecule has 3 unspecified atom stereocenters. The molecular weight excluding hydrogens is 369 g/mol. The number of urea groups is 1. The predicted molar refractivity (Wildman–Crippen MR) is 110 cm³/mol. The molecule has 5 rings (SSSR count). The topological polar surface area (TPSA) is 44.8 Å². The lowest BCUT2D eigenvalue weighted by Gasteiger charge is -2.41. The SMILES string of the molecule is CCNC(=O)N1CCCC2CC(N3CCC4(CC3)COc3ccc(F)cc34)CC21. The second-order valence-electron chi connectivity index (χ2n) is 9.37. The Morgan fingerprint density at radius 2 is 2.10 bits per heavy atom. The Morgan fingerprint density at radius 3 is 2.90 bits per heavy atom. The number of likely N-dealkylation sites (tertiary alicyclic amines) is 2. The van der Waals surface area contributed by atoms with Gasteiger partial charge >= 0.3 is 6.03 Å². The van der Waals surface area contributed by atoms with Crippen LogP contribution in [-0.2, 0) is 5.41 Å². The van der Waals surface area contributed by atoms with Crippen molar-refractivity contribution in [2.45, 2.75) is 62.9 Å². The van der Waals surface area contributed by atoms with Gasteiger partial charge in [0.15, 0.2) is 0 Å². The summed E-state index contributed by atoms with van der Waals surface area (Å²) in [5.74, 6) is 1.34. The number of hydrogen-bond acceptors (Lipinski definition) is 3. The minimum Gasteiger partial charge on any atom is -0.492 e. The Bertz CT molecular complexity index is 777. The molecule has 1 aromatic rings. The molecule has 3 heterocycles. The first-order valence-electron chi connectivity index (χ1n) is 11.3. The van der Waals surface area contributed by atoms with Gasteiger partial charge in [-0.1, -0.05) is 0 Å². The van der Waals surface area contributed by atoms with Gasteiger partial charge in [0, 0.05) is 36.2 Å². The van der Waals surface area contributed by atoms with Crippen molar-refractivity contribution in [3.63, 3.8) is 0 Å². The van der Waals surface area contributed by atoms with Crippen LogP contribution in [0, 0.1) is 11.7 Å². The molecular formula is C23H32FN3O2. The third-order valence-electron chi connectivity index (χ3n) is 7.88. The van der Waals surface area contributed by atoms with Crippen LogP contribution in [-0.4, -0.2) is 60.7 Å². The third-order valence-corrected chi connectivity index (χ3v) is 7.88. The van der Waals surface area contributed by atoms with Crippen molar-refractivity contribution < 1.29 is 13.9 Å². The molecule has 0 bridgehead atoms. The number of amides is 2. The van der Waals surface area contributed by atoms with Crippen LogP contribution in [0.15, 0.2) is 18.2 Å². The summed E-state index contributed by atoms with van der Waals surface area (Å²) in [7, 11) is 0. The van der Waals surface area contributed by atoms with E-state index in [1.165, 1.54) is 18.9 Å². The summed E-state index contributed by atoms with van der Waals surface area (Å²) in [4.78, 5) is 17.2. The molecule has 4 aliphatic rings. The Balaban J connectivity index is 1.25. The number of piperidine rings is 2. The van der Waals surface area contributed by atoms with E-state index in [2.05, 4.69) is 15.1 Å². The highest BCUT2D eigenvalue weighted by Gasteiger charge is 2.47. The second-order valence-corrected chi connectivity index (χ2v) is 9.37. The molecule has 29 heavy (non-hydrogen) atoms. The summed E-state index contributed by atoms with van der Waals surface area (Å²) in [5.41, 5.74) is 1.05. The van der Waals surface area contributed by atoms with Crippen LogP contribution < -0.4 is 10.1 Å². The number of carbonyl (C=O) groups excluding carboxylic acids is 1. The first-order valence-corrected chi connectivity index (χ1v) is 11.3. The summed E-state index contributed by atoms with van der Waals surface area (Å²) in [6, 6.07) is 6.03. The van der Waals surface area contributed by atoms with Crippen LogP contribution in [0.1, 0.15) is 51.0 Å². The van der Waals surface area contributed by atoms with E-state index in [1.54, 1.807) is 12.1 Å². The lowest BCUT2D eigenvalue weighted by molar-refractivity contribution is 0.0976. The number of ether oxygens (including phenoxy) is 1. The maximum absolute atomic E-state index is 13.8. The monoisotopic (exact) mass is 401 g/mol. The van der Waals surface area contributed by atoms with Crippen LogP contribution in [0.5, 0.6) is 5.75 Å². The molecule has 5 nitrogen and oxygen atoms in total. The standard InChI is InChI=1S/C23H32FN3O2/c1-2-25-22(28)27-9-3-4-16-12-18(14-20(16)27)26-10-7-23(8-11-26)15-29-21-6-5-17(24)13-19(21)23/h5-6,13,16,18,20H,2-4,7-12,14-15H2,1H3,(H,25,28). The van der Waals surface area contributed by atoms with Crippen LogP contribution >= 0.6 is 0 Å². The summed E-state index contributed by atoms with van der Waals surface area (Å²) in [6.07, 6.45) is 6.71. The first kappa shape index (κ1) is 19.2. The van der Waals surface area contributed by atoms with Crippen molar-refractivity contribution in [2.75, 3.05) is 32.8 Å². The Morgan fingerprint density at radius 1 is 1.28 bits per heavy atom. The Kier molecular flexibility index (Phi) is 4.93. The van der Waals surface area contributed by atoms with Gasteiger partial charge in [-0.05, 0) is 82.7 Å². The number of fused-ring (bicyclic) bond motifs is 3. The van der Waals surface area contributed by atoms with Crippen molar-refractivity contribution in [1.82, 2.24) is 15.1 Å². The minimum absolute atomic E-state index is 0.0215. The van der Waals surface area contributed by atoms with Gasteiger partial charge in [-0.2, -0.15) is 0 Å². The molecule has 3 aliphatic heterocycles. The number of rotatable bonds is 2. The fraction of sp³-hybridized carbons (Fsp3) is 0.696. The van der Waals surface area contributed by atoms with Crippen molar-refractivity contribution in [2.24, 2.45) is 5.92 Å². The molecule has 1 spiro atoms. The van der Waals surface area contributed by atoms with Gasteiger partial charge in [0.25, 0.3) is 0 Å². The van der Waals surface area contributed by atoms with Crippen LogP contribution in [0.4, 0.5) is 9.18 Å². The molecule has 2 amide bonds. The molecule has 1 aliphatic carbocycles. The third kappa shape index (κ3) is 3.29. The highest BCUT2D eigenvalue weighted by atomic mass is 19.1. The molecule has 6 heteroatoms. The Hall–Kier alpha value is -1.82. The van der Waals surface area contributed by atoms with E-state index in [9.17, 15) is 9.18 Å².